The van der Waals surface area contributed by atoms with E-state index in [1.165, 1.54) is 10.9 Å². The van der Waals surface area contributed by atoms with Crippen molar-refractivity contribution in [3.05, 3.63) is 72.2 Å². The molecule has 0 aliphatic carbocycles. The smallest absolute Gasteiger partial charge is 0.269 e. The first-order valence-corrected chi connectivity index (χ1v) is 7.24. The SMILES string of the molecule is Cc1onc(-c2ccccc2)c1C(=O)n1cnc2ccccc21. The Hall–Kier alpha value is -3.21. The Balaban J connectivity index is 1.88. The van der Waals surface area contributed by atoms with Gasteiger partial charge in [-0.2, -0.15) is 0 Å². The molecule has 5 nitrogen and oxygen atoms in total. The van der Waals surface area contributed by atoms with Crippen LogP contribution >= 0.6 is 0 Å². The normalized spacial score (nSPS) is 11.0. The minimum atomic E-state index is -0.198. The van der Waals surface area contributed by atoms with Gasteiger partial charge < -0.3 is 4.52 Å². The largest absolute Gasteiger partial charge is 0.360 e. The maximum absolute atomic E-state index is 13.0. The van der Waals surface area contributed by atoms with E-state index in [0.717, 1.165) is 16.6 Å². The minimum absolute atomic E-state index is 0.198. The number of fused-ring (bicyclic) bond motifs is 1. The van der Waals surface area contributed by atoms with E-state index < -0.39 is 0 Å². The molecule has 0 saturated carbocycles. The van der Waals surface area contributed by atoms with Gasteiger partial charge in [-0.05, 0) is 19.1 Å². The van der Waals surface area contributed by atoms with Crippen LogP contribution in [0, 0.1) is 6.92 Å². The topological polar surface area (TPSA) is 60.9 Å². The summed E-state index contributed by atoms with van der Waals surface area (Å²) in [6, 6.07) is 17.0. The zero-order valence-corrected chi connectivity index (χ0v) is 12.4. The van der Waals surface area contributed by atoms with Crippen molar-refractivity contribution in [3.8, 4) is 11.3 Å². The van der Waals surface area contributed by atoms with Gasteiger partial charge in [-0.15, -0.1) is 0 Å². The van der Waals surface area contributed by atoms with Crippen molar-refractivity contribution in [2.24, 2.45) is 0 Å². The van der Waals surface area contributed by atoms with Gasteiger partial charge >= 0.3 is 0 Å². The van der Waals surface area contributed by atoms with Gasteiger partial charge in [0, 0.05) is 5.56 Å². The lowest BCUT2D eigenvalue weighted by Gasteiger charge is -2.04. The van der Waals surface area contributed by atoms with Gasteiger partial charge in [0.1, 0.15) is 23.3 Å². The molecule has 0 N–H and O–H groups in total. The van der Waals surface area contributed by atoms with E-state index in [1.54, 1.807) is 6.92 Å². The third kappa shape index (κ3) is 2.14. The van der Waals surface area contributed by atoms with Gasteiger partial charge in [0.2, 0.25) is 0 Å². The molecule has 2 heterocycles. The average molecular weight is 303 g/mol. The predicted octanol–water partition coefficient (Wildman–Crippen LogP) is 3.69. The molecule has 4 aromatic rings. The first-order chi connectivity index (χ1) is 11.3. The predicted molar refractivity (Wildman–Crippen MR) is 86.1 cm³/mol. The second kappa shape index (κ2) is 5.21. The second-order valence-electron chi connectivity index (χ2n) is 5.24. The second-order valence-corrected chi connectivity index (χ2v) is 5.24. The molecule has 0 atom stereocenters. The molecule has 0 aliphatic heterocycles. The zero-order chi connectivity index (χ0) is 15.8. The van der Waals surface area contributed by atoms with E-state index in [0.29, 0.717) is 17.0 Å². The number of carbonyl (C=O) groups is 1. The third-order valence-electron chi connectivity index (χ3n) is 3.80. The minimum Gasteiger partial charge on any atom is -0.360 e. The van der Waals surface area contributed by atoms with Crippen molar-refractivity contribution < 1.29 is 9.32 Å². The van der Waals surface area contributed by atoms with E-state index in [1.807, 2.05) is 54.6 Å². The highest BCUT2D eigenvalue weighted by atomic mass is 16.5. The summed E-state index contributed by atoms with van der Waals surface area (Å²) in [6.07, 6.45) is 1.54. The number of hydrogen-bond donors (Lipinski definition) is 0. The quantitative estimate of drug-likeness (QED) is 0.566. The van der Waals surface area contributed by atoms with Gasteiger partial charge in [0.05, 0.1) is 11.0 Å². The summed E-state index contributed by atoms with van der Waals surface area (Å²) in [5.41, 5.74) is 3.38. The zero-order valence-electron chi connectivity index (χ0n) is 12.4. The molecule has 23 heavy (non-hydrogen) atoms. The molecule has 112 valence electrons. The van der Waals surface area contributed by atoms with Crippen LogP contribution in [-0.2, 0) is 0 Å². The maximum atomic E-state index is 13.0. The summed E-state index contributed by atoms with van der Waals surface area (Å²) >= 11 is 0. The molecule has 2 aromatic heterocycles. The maximum Gasteiger partial charge on any atom is 0.269 e. The van der Waals surface area contributed by atoms with E-state index in [4.69, 9.17) is 4.52 Å². The Morgan fingerprint density at radius 3 is 2.61 bits per heavy atom. The first-order valence-electron chi connectivity index (χ1n) is 7.24. The Morgan fingerprint density at radius 2 is 1.78 bits per heavy atom. The van der Waals surface area contributed by atoms with Crippen LogP contribution in [0.4, 0.5) is 0 Å². The average Bonchev–Trinajstić information content (AvgIpc) is 3.19. The monoisotopic (exact) mass is 303 g/mol. The van der Waals surface area contributed by atoms with E-state index in [-0.39, 0.29) is 5.91 Å². The molecule has 0 unspecified atom stereocenters. The molecule has 5 heteroatoms. The van der Waals surface area contributed by atoms with Crippen LogP contribution in [0.5, 0.6) is 0 Å². The van der Waals surface area contributed by atoms with Gasteiger partial charge in [0.25, 0.3) is 5.91 Å². The number of aromatic nitrogens is 3. The molecule has 0 saturated heterocycles. The fourth-order valence-electron chi connectivity index (χ4n) is 2.66. The summed E-state index contributed by atoms with van der Waals surface area (Å²) in [7, 11) is 0. The number of carbonyl (C=O) groups excluding carboxylic acids is 1. The summed E-state index contributed by atoms with van der Waals surface area (Å²) in [5, 5.41) is 4.07. The lowest BCUT2D eigenvalue weighted by molar-refractivity contribution is 0.0963. The molecular weight excluding hydrogens is 290 g/mol. The summed E-state index contributed by atoms with van der Waals surface area (Å²) in [6.45, 7) is 1.74. The number of hydrogen-bond acceptors (Lipinski definition) is 4. The molecule has 0 spiro atoms. The highest BCUT2D eigenvalue weighted by molar-refractivity contribution is 6.05. The third-order valence-corrected chi connectivity index (χ3v) is 3.80. The number of nitrogens with zero attached hydrogens (tertiary/aromatic N) is 3. The van der Waals surface area contributed by atoms with Crippen molar-refractivity contribution in [2.75, 3.05) is 0 Å². The Labute approximate surface area is 132 Å². The van der Waals surface area contributed by atoms with Crippen LogP contribution in [-0.4, -0.2) is 20.6 Å². The molecule has 0 radical (unpaired) electrons. The molecule has 0 aliphatic rings. The summed E-state index contributed by atoms with van der Waals surface area (Å²) in [4.78, 5) is 17.3. The van der Waals surface area contributed by atoms with Crippen molar-refractivity contribution in [3.63, 3.8) is 0 Å². The Kier molecular flexibility index (Phi) is 3.05. The number of para-hydroxylation sites is 2. The van der Waals surface area contributed by atoms with E-state index >= 15 is 0 Å². The van der Waals surface area contributed by atoms with Gasteiger partial charge in [-0.1, -0.05) is 47.6 Å². The van der Waals surface area contributed by atoms with Crippen LogP contribution in [0.25, 0.3) is 22.3 Å². The summed E-state index contributed by atoms with van der Waals surface area (Å²) in [5.74, 6) is 0.294. The van der Waals surface area contributed by atoms with E-state index in [9.17, 15) is 4.79 Å². The van der Waals surface area contributed by atoms with Gasteiger partial charge in [0.15, 0.2) is 0 Å². The van der Waals surface area contributed by atoms with Crippen molar-refractivity contribution >= 4 is 16.9 Å². The first kappa shape index (κ1) is 13.5. The van der Waals surface area contributed by atoms with Crippen LogP contribution in [0.2, 0.25) is 0 Å². The lowest BCUT2D eigenvalue weighted by Crippen LogP contribution is -2.12. The molecule has 0 fully saturated rings. The Morgan fingerprint density at radius 1 is 1.04 bits per heavy atom. The highest BCUT2D eigenvalue weighted by Crippen LogP contribution is 2.26. The van der Waals surface area contributed by atoms with Crippen LogP contribution in [0.1, 0.15) is 16.1 Å². The molecular formula is C18H13N3O2. The lowest BCUT2D eigenvalue weighted by atomic mass is 10.1. The number of benzene rings is 2. The molecule has 2 aromatic carbocycles. The van der Waals surface area contributed by atoms with Crippen molar-refractivity contribution in [2.45, 2.75) is 6.92 Å². The number of rotatable bonds is 2. The van der Waals surface area contributed by atoms with Gasteiger partial charge in [-0.3, -0.25) is 9.36 Å². The van der Waals surface area contributed by atoms with Crippen LogP contribution in [0.3, 0.4) is 0 Å². The standard InChI is InChI=1S/C18H13N3O2/c1-12-16(17(20-23-12)13-7-3-2-4-8-13)18(22)21-11-19-14-9-5-6-10-15(14)21/h2-11H,1H3. The van der Waals surface area contributed by atoms with Crippen LogP contribution < -0.4 is 0 Å². The molecule has 0 bridgehead atoms. The van der Waals surface area contributed by atoms with Crippen molar-refractivity contribution in [1.82, 2.24) is 14.7 Å². The number of aryl methyl sites for hydroxylation is 1. The van der Waals surface area contributed by atoms with Gasteiger partial charge in [-0.25, -0.2) is 4.98 Å². The summed E-state index contributed by atoms with van der Waals surface area (Å²) < 4.78 is 6.81. The van der Waals surface area contributed by atoms with E-state index in [2.05, 4.69) is 10.1 Å². The van der Waals surface area contributed by atoms with Crippen LogP contribution in [0.15, 0.2) is 65.4 Å². The highest BCUT2D eigenvalue weighted by Gasteiger charge is 2.23. The Bertz CT molecular complexity index is 999. The number of imidazole rings is 1. The fraction of sp³-hybridized carbons (Fsp3) is 0.0556. The van der Waals surface area contributed by atoms with Crippen molar-refractivity contribution in [1.29, 1.82) is 0 Å². The fourth-order valence-corrected chi connectivity index (χ4v) is 2.66. The molecule has 0 amide bonds. The molecule has 4 rings (SSSR count).